The van der Waals surface area contributed by atoms with E-state index >= 15 is 0 Å². The van der Waals surface area contributed by atoms with Crippen LogP contribution in [0.4, 0.5) is 17.6 Å². The number of thiocarbonyl (C=S) groups is 1. The highest BCUT2D eigenvalue weighted by Gasteiger charge is 2.35. The molecule has 0 radical (unpaired) electrons. The molecule has 0 atom stereocenters. The zero-order valence-corrected chi connectivity index (χ0v) is 11.3. The number of benzene rings is 1. The summed E-state index contributed by atoms with van der Waals surface area (Å²) in [6.45, 7) is 1.79. The minimum Gasteiger partial charge on any atom is -0.392 e. The Morgan fingerprint density at radius 1 is 1.40 bits per heavy atom. The fourth-order valence-corrected chi connectivity index (χ4v) is 1.73. The van der Waals surface area contributed by atoms with Gasteiger partial charge in [0.2, 0.25) is 0 Å². The molecule has 0 aliphatic carbocycles. The van der Waals surface area contributed by atoms with Gasteiger partial charge in [0.1, 0.15) is 5.82 Å². The van der Waals surface area contributed by atoms with Crippen LogP contribution in [0.15, 0.2) is 18.2 Å². The van der Waals surface area contributed by atoms with Crippen molar-refractivity contribution < 1.29 is 22.4 Å². The van der Waals surface area contributed by atoms with Crippen molar-refractivity contribution in [3.8, 4) is 0 Å². The third kappa shape index (κ3) is 3.89. The largest absolute Gasteiger partial charge is 0.419 e. The first kappa shape index (κ1) is 16.4. The molecule has 0 unspecified atom stereocenters. The van der Waals surface area contributed by atoms with Crippen LogP contribution in [0.5, 0.6) is 0 Å². The van der Waals surface area contributed by atoms with E-state index in [1.807, 2.05) is 0 Å². The average Bonchev–Trinajstić information content (AvgIpc) is 2.34. The van der Waals surface area contributed by atoms with Crippen LogP contribution >= 0.6 is 12.2 Å². The van der Waals surface area contributed by atoms with Gasteiger partial charge >= 0.3 is 6.18 Å². The second kappa shape index (κ2) is 6.17. The summed E-state index contributed by atoms with van der Waals surface area (Å²) in [7, 11) is 0. The van der Waals surface area contributed by atoms with Crippen molar-refractivity contribution >= 4 is 23.1 Å². The lowest BCUT2D eigenvalue weighted by Gasteiger charge is -2.20. The molecule has 0 aromatic heterocycles. The molecule has 1 aromatic carbocycles. The second-order valence-electron chi connectivity index (χ2n) is 3.98. The van der Waals surface area contributed by atoms with Crippen LogP contribution in [0.2, 0.25) is 0 Å². The molecule has 0 aliphatic rings. The lowest BCUT2D eigenvalue weighted by atomic mass is 10.1. The Bertz CT molecular complexity index is 531. The molecule has 3 nitrogen and oxygen atoms in total. The fraction of sp³-hybridized carbons (Fsp3) is 0.333. The van der Waals surface area contributed by atoms with Crippen molar-refractivity contribution in [3.63, 3.8) is 0 Å². The molecule has 20 heavy (non-hydrogen) atoms. The molecule has 0 heterocycles. The summed E-state index contributed by atoms with van der Waals surface area (Å²) in [5, 5.41) is 0. The molecule has 1 aromatic rings. The van der Waals surface area contributed by atoms with Crippen LogP contribution < -0.4 is 5.73 Å². The van der Waals surface area contributed by atoms with Gasteiger partial charge in [0, 0.05) is 12.1 Å². The third-order valence-corrected chi connectivity index (χ3v) is 2.66. The van der Waals surface area contributed by atoms with Crippen LogP contribution in [-0.2, 0) is 6.18 Å². The Labute approximate surface area is 118 Å². The highest BCUT2D eigenvalue weighted by Crippen LogP contribution is 2.32. The van der Waals surface area contributed by atoms with Crippen LogP contribution in [0.3, 0.4) is 0 Å². The van der Waals surface area contributed by atoms with E-state index in [0.29, 0.717) is 12.1 Å². The Hall–Kier alpha value is -1.70. The van der Waals surface area contributed by atoms with E-state index in [1.54, 1.807) is 6.92 Å². The quantitative estimate of drug-likeness (QED) is 0.687. The van der Waals surface area contributed by atoms with Gasteiger partial charge in [0.05, 0.1) is 17.1 Å². The zero-order chi connectivity index (χ0) is 15.5. The summed E-state index contributed by atoms with van der Waals surface area (Å²) in [5.41, 5.74) is 3.56. The van der Waals surface area contributed by atoms with Crippen molar-refractivity contribution in [1.82, 2.24) is 4.90 Å². The zero-order valence-electron chi connectivity index (χ0n) is 10.5. The molecule has 2 N–H and O–H groups in total. The number of nitrogens with zero attached hydrogens (tertiary/aromatic N) is 1. The first-order chi connectivity index (χ1) is 9.16. The molecule has 0 aliphatic heterocycles. The van der Waals surface area contributed by atoms with Gasteiger partial charge in [0.25, 0.3) is 5.91 Å². The average molecular weight is 308 g/mol. The number of nitrogens with two attached hydrogens (primary N) is 1. The smallest absolute Gasteiger partial charge is 0.392 e. The summed E-state index contributed by atoms with van der Waals surface area (Å²) in [6, 6.07) is 2.10. The normalized spacial score (nSPS) is 11.2. The number of likely N-dealkylation sites (N-methyl/N-ethyl adjacent to an activating group) is 1. The Morgan fingerprint density at radius 3 is 2.45 bits per heavy atom. The molecule has 0 bridgehead atoms. The maximum atomic E-state index is 13.1. The lowest BCUT2D eigenvalue weighted by molar-refractivity contribution is -0.140. The molecule has 1 rings (SSSR count). The van der Waals surface area contributed by atoms with E-state index in [4.69, 9.17) is 5.73 Å². The Morgan fingerprint density at radius 2 is 2.00 bits per heavy atom. The van der Waals surface area contributed by atoms with E-state index in [0.717, 1.165) is 6.07 Å². The van der Waals surface area contributed by atoms with Gasteiger partial charge in [-0.1, -0.05) is 12.2 Å². The highest BCUT2D eigenvalue weighted by atomic mass is 32.1. The topological polar surface area (TPSA) is 46.3 Å². The minimum atomic E-state index is -4.86. The number of alkyl halides is 3. The minimum absolute atomic E-state index is 0.0401. The number of amides is 1. The summed E-state index contributed by atoms with van der Waals surface area (Å²) in [6.07, 6.45) is -4.86. The van der Waals surface area contributed by atoms with Crippen molar-refractivity contribution in [2.75, 3.05) is 13.1 Å². The molecule has 110 valence electrons. The first-order valence-electron chi connectivity index (χ1n) is 5.61. The molecule has 0 saturated carbocycles. The van der Waals surface area contributed by atoms with Gasteiger partial charge in [-0.25, -0.2) is 4.39 Å². The molecular formula is C12H12F4N2OS. The van der Waals surface area contributed by atoms with E-state index in [9.17, 15) is 22.4 Å². The summed E-state index contributed by atoms with van der Waals surface area (Å²) in [5.74, 6) is -2.11. The van der Waals surface area contributed by atoms with Crippen LogP contribution in [0, 0.1) is 5.82 Å². The molecule has 0 fully saturated rings. The first-order valence-corrected chi connectivity index (χ1v) is 6.02. The number of halogens is 4. The number of hydrogen-bond donors (Lipinski definition) is 1. The molecule has 0 saturated heterocycles. The monoisotopic (exact) mass is 308 g/mol. The van der Waals surface area contributed by atoms with Gasteiger partial charge < -0.3 is 10.6 Å². The molecular weight excluding hydrogens is 296 g/mol. The SMILES string of the molecule is CCN(CC(N)=S)C(=O)c1ccc(F)c(C(F)(F)F)c1. The number of carbonyl (C=O) groups is 1. The van der Waals surface area contributed by atoms with Crippen LogP contribution in [0.1, 0.15) is 22.8 Å². The second-order valence-corrected chi connectivity index (χ2v) is 4.50. The highest BCUT2D eigenvalue weighted by molar-refractivity contribution is 7.80. The maximum absolute atomic E-state index is 13.1. The van der Waals surface area contributed by atoms with E-state index in [1.165, 1.54) is 4.90 Å². The van der Waals surface area contributed by atoms with Crippen molar-refractivity contribution in [2.45, 2.75) is 13.1 Å². The Kier molecular flexibility index (Phi) is 5.04. The fourth-order valence-electron chi connectivity index (χ4n) is 1.57. The number of rotatable bonds is 4. The van der Waals surface area contributed by atoms with E-state index < -0.39 is 23.5 Å². The molecule has 8 heteroatoms. The predicted molar refractivity (Wildman–Crippen MR) is 69.8 cm³/mol. The van der Waals surface area contributed by atoms with Crippen molar-refractivity contribution in [1.29, 1.82) is 0 Å². The van der Waals surface area contributed by atoms with Crippen LogP contribution in [-0.4, -0.2) is 28.9 Å². The van der Waals surface area contributed by atoms with Gasteiger partial charge in [-0.15, -0.1) is 0 Å². The predicted octanol–water partition coefficient (Wildman–Crippen LogP) is 2.59. The summed E-state index contributed by atoms with van der Waals surface area (Å²) >= 11 is 4.66. The summed E-state index contributed by atoms with van der Waals surface area (Å²) in [4.78, 5) is 13.2. The van der Waals surface area contributed by atoms with Crippen molar-refractivity contribution in [3.05, 3.63) is 35.1 Å². The standard InChI is InChI=1S/C12H12F4N2OS/c1-2-18(6-10(17)20)11(19)7-3-4-9(13)8(5-7)12(14,15)16/h3-5H,2,6H2,1H3,(H2,17,20). The molecule has 0 spiro atoms. The number of hydrogen-bond acceptors (Lipinski definition) is 2. The van der Waals surface area contributed by atoms with Crippen LogP contribution in [0.25, 0.3) is 0 Å². The summed E-state index contributed by atoms with van der Waals surface area (Å²) < 4.78 is 50.9. The molecule has 1 amide bonds. The lowest BCUT2D eigenvalue weighted by Crippen LogP contribution is -2.37. The van der Waals surface area contributed by atoms with Gasteiger partial charge in [0.15, 0.2) is 0 Å². The van der Waals surface area contributed by atoms with Gasteiger partial charge in [-0.2, -0.15) is 13.2 Å². The van der Waals surface area contributed by atoms with E-state index in [2.05, 4.69) is 12.2 Å². The van der Waals surface area contributed by atoms with Gasteiger partial charge in [-0.05, 0) is 25.1 Å². The van der Waals surface area contributed by atoms with Crippen molar-refractivity contribution in [2.24, 2.45) is 5.73 Å². The third-order valence-electron chi connectivity index (χ3n) is 2.53. The van der Waals surface area contributed by atoms with Gasteiger partial charge in [-0.3, -0.25) is 4.79 Å². The maximum Gasteiger partial charge on any atom is 0.419 e. The van der Waals surface area contributed by atoms with E-state index in [-0.39, 0.29) is 23.6 Å². The Balaban J connectivity index is 3.14. The number of carbonyl (C=O) groups excluding carboxylic acids is 1.